The molecule has 0 aliphatic heterocycles. The second kappa shape index (κ2) is 9.45. The Morgan fingerprint density at radius 2 is 1.95 bits per heavy atom. The lowest BCUT2D eigenvalue weighted by Gasteiger charge is -2.20. The second-order valence-electron chi connectivity index (χ2n) is 4.96. The summed E-state index contributed by atoms with van der Waals surface area (Å²) >= 11 is 1.75. The number of hydrogen-bond donors (Lipinski definition) is 0. The van der Waals surface area contributed by atoms with Crippen LogP contribution in [0, 0.1) is 5.92 Å². The van der Waals surface area contributed by atoms with Crippen molar-refractivity contribution in [3.05, 3.63) is 30.3 Å². The van der Waals surface area contributed by atoms with Gasteiger partial charge in [0.15, 0.2) is 0 Å². The average Bonchev–Trinajstić information content (AvgIpc) is 2.51. The van der Waals surface area contributed by atoms with Gasteiger partial charge in [-0.3, -0.25) is 9.59 Å². The van der Waals surface area contributed by atoms with Crippen LogP contribution < -0.4 is 0 Å². The lowest BCUT2D eigenvalue weighted by atomic mass is 10.1. The molecule has 4 nitrogen and oxygen atoms in total. The van der Waals surface area contributed by atoms with Gasteiger partial charge in [-0.2, -0.15) is 0 Å². The van der Waals surface area contributed by atoms with Gasteiger partial charge in [-0.1, -0.05) is 25.1 Å². The molecular weight excluding hydrogens is 286 g/mol. The first-order valence-corrected chi connectivity index (χ1v) is 8.02. The maximum Gasteiger partial charge on any atom is 0.310 e. The van der Waals surface area contributed by atoms with E-state index in [9.17, 15) is 9.59 Å². The Labute approximate surface area is 130 Å². The fourth-order valence-corrected chi connectivity index (χ4v) is 2.78. The minimum atomic E-state index is -0.289. The van der Waals surface area contributed by atoms with Gasteiger partial charge in [0, 0.05) is 24.9 Å². The van der Waals surface area contributed by atoms with Gasteiger partial charge in [0.25, 0.3) is 0 Å². The van der Waals surface area contributed by atoms with Crippen LogP contribution in [0.5, 0.6) is 0 Å². The van der Waals surface area contributed by atoms with Crippen LogP contribution in [0.25, 0.3) is 0 Å². The highest BCUT2D eigenvalue weighted by atomic mass is 32.2. The second-order valence-corrected chi connectivity index (χ2v) is 6.13. The van der Waals surface area contributed by atoms with E-state index < -0.39 is 0 Å². The molecule has 1 rings (SSSR count). The molecule has 0 fully saturated rings. The maximum atomic E-state index is 12.0. The van der Waals surface area contributed by atoms with Gasteiger partial charge in [0.1, 0.15) is 0 Å². The normalized spacial score (nSPS) is 11.8. The molecule has 0 radical (unpaired) electrons. The minimum absolute atomic E-state index is 0.0689. The number of benzene rings is 1. The quantitative estimate of drug-likeness (QED) is 0.421. The van der Waals surface area contributed by atoms with Crippen LogP contribution in [0.4, 0.5) is 0 Å². The van der Waals surface area contributed by atoms with Crippen LogP contribution >= 0.6 is 11.8 Å². The Hall–Kier alpha value is -1.49. The fourth-order valence-electron chi connectivity index (χ4n) is 1.91. The number of rotatable bonds is 8. The van der Waals surface area contributed by atoms with E-state index >= 15 is 0 Å². The topological polar surface area (TPSA) is 46.6 Å². The molecule has 0 N–H and O–H groups in total. The monoisotopic (exact) mass is 309 g/mol. The van der Waals surface area contributed by atoms with Crippen LogP contribution in [0.15, 0.2) is 35.2 Å². The first-order valence-electron chi connectivity index (χ1n) is 7.04. The van der Waals surface area contributed by atoms with Crippen molar-refractivity contribution < 1.29 is 14.3 Å². The summed E-state index contributed by atoms with van der Waals surface area (Å²) in [5, 5.41) is 0. The highest BCUT2D eigenvalue weighted by molar-refractivity contribution is 7.99. The summed E-state index contributed by atoms with van der Waals surface area (Å²) in [6.45, 7) is 2.16. The maximum absolute atomic E-state index is 12.0. The van der Waals surface area contributed by atoms with Crippen molar-refractivity contribution in [2.24, 2.45) is 5.92 Å². The summed E-state index contributed by atoms with van der Waals surface area (Å²) in [6, 6.07) is 10.1. The first-order chi connectivity index (χ1) is 10.0. The van der Waals surface area contributed by atoms with E-state index in [0.717, 1.165) is 12.2 Å². The van der Waals surface area contributed by atoms with Crippen molar-refractivity contribution in [2.45, 2.75) is 24.7 Å². The molecule has 5 heteroatoms. The summed E-state index contributed by atoms with van der Waals surface area (Å²) < 4.78 is 4.66. The van der Waals surface area contributed by atoms with Gasteiger partial charge in [-0.25, -0.2) is 0 Å². The summed E-state index contributed by atoms with van der Waals surface area (Å²) in [5.41, 5.74) is 0. The van der Waals surface area contributed by atoms with Crippen molar-refractivity contribution in [2.75, 3.05) is 26.5 Å². The lowest BCUT2D eigenvalue weighted by Crippen LogP contribution is -2.34. The Kier molecular flexibility index (Phi) is 7.90. The predicted molar refractivity (Wildman–Crippen MR) is 85.2 cm³/mol. The molecule has 1 aromatic carbocycles. The summed E-state index contributed by atoms with van der Waals surface area (Å²) in [7, 11) is 3.09. The molecule has 0 aliphatic carbocycles. The average molecular weight is 309 g/mol. The van der Waals surface area contributed by atoms with Crippen molar-refractivity contribution in [3.63, 3.8) is 0 Å². The molecule has 0 saturated heterocycles. The van der Waals surface area contributed by atoms with Gasteiger partial charge in [-0.15, -0.1) is 11.8 Å². The first kappa shape index (κ1) is 17.6. The van der Waals surface area contributed by atoms with Gasteiger partial charge >= 0.3 is 5.97 Å². The molecular formula is C16H23NO3S. The molecule has 0 aromatic heterocycles. The number of thioether (sulfide) groups is 1. The standard InChI is InChI=1S/C16H23NO3S/c1-13(16(19)20-3)12-17(2)15(18)10-7-11-21-14-8-5-4-6-9-14/h4-6,8-9,13H,7,10-12H2,1-3H3. The molecule has 1 unspecified atom stereocenters. The number of amides is 1. The van der Waals surface area contributed by atoms with Crippen LogP contribution in [-0.4, -0.2) is 43.2 Å². The van der Waals surface area contributed by atoms with Crippen LogP contribution in [0.3, 0.4) is 0 Å². The molecule has 0 aliphatic rings. The highest BCUT2D eigenvalue weighted by Crippen LogP contribution is 2.18. The van der Waals surface area contributed by atoms with E-state index in [1.807, 2.05) is 18.2 Å². The van der Waals surface area contributed by atoms with E-state index in [-0.39, 0.29) is 17.8 Å². The van der Waals surface area contributed by atoms with E-state index in [1.54, 1.807) is 30.6 Å². The zero-order chi connectivity index (χ0) is 15.7. The molecule has 0 heterocycles. The number of carbonyl (C=O) groups excluding carboxylic acids is 2. The van der Waals surface area contributed by atoms with Crippen molar-refractivity contribution >= 4 is 23.6 Å². The number of ether oxygens (including phenoxy) is 1. The van der Waals surface area contributed by atoms with Crippen LogP contribution in [-0.2, 0) is 14.3 Å². The molecule has 1 amide bonds. The molecule has 116 valence electrons. The van der Waals surface area contributed by atoms with Gasteiger partial charge in [-0.05, 0) is 24.3 Å². The largest absolute Gasteiger partial charge is 0.469 e. The van der Waals surface area contributed by atoms with Gasteiger partial charge in [0.05, 0.1) is 13.0 Å². The molecule has 0 spiro atoms. The Morgan fingerprint density at radius 1 is 1.29 bits per heavy atom. The third kappa shape index (κ3) is 6.67. The molecule has 1 aromatic rings. The number of carbonyl (C=O) groups is 2. The lowest BCUT2D eigenvalue weighted by molar-refractivity contribution is -0.146. The van der Waals surface area contributed by atoms with Crippen molar-refractivity contribution in [1.82, 2.24) is 4.90 Å². The van der Waals surface area contributed by atoms with E-state index in [0.29, 0.717) is 13.0 Å². The summed E-state index contributed by atoms with van der Waals surface area (Å²) in [6.07, 6.45) is 1.33. The van der Waals surface area contributed by atoms with Crippen LogP contribution in [0.2, 0.25) is 0 Å². The number of hydrogen-bond acceptors (Lipinski definition) is 4. The smallest absolute Gasteiger partial charge is 0.310 e. The Bertz CT molecular complexity index is 450. The van der Waals surface area contributed by atoms with E-state index in [4.69, 9.17) is 0 Å². The molecule has 1 atom stereocenters. The number of nitrogens with zero attached hydrogens (tertiary/aromatic N) is 1. The third-order valence-corrected chi connectivity index (χ3v) is 4.22. The SMILES string of the molecule is COC(=O)C(C)CN(C)C(=O)CCCSc1ccccc1. The minimum Gasteiger partial charge on any atom is -0.469 e. The third-order valence-electron chi connectivity index (χ3n) is 3.12. The summed E-state index contributed by atoms with van der Waals surface area (Å²) in [4.78, 5) is 26.1. The fraction of sp³-hybridized carbons (Fsp3) is 0.500. The van der Waals surface area contributed by atoms with E-state index in [1.165, 1.54) is 12.0 Å². The zero-order valence-corrected chi connectivity index (χ0v) is 13.7. The molecule has 0 saturated carbocycles. The predicted octanol–water partition coefficient (Wildman–Crippen LogP) is 2.83. The molecule has 0 bridgehead atoms. The summed E-state index contributed by atoms with van der Waals surface area (Å²) in [5.74, 6) is 0.409. The molecule has 21 heavy (non-hydrogen) atoms. The van der Waals surface area contributed by atoms with Crippen molar-refractivity contribution in [3.8, 4) is 0 Å². The number of esters is 1. The number of methoxy groups -OCH3 is 1. The zero-order valence-electron chi connectivity index (χ0n) is 12.9. The van der Waals surface area contributed by atoms with E-state index in [2.05, 4.69) is 16.9 Å². The highest BCUT2D eigenvalue weighted by Gasteiger charge is 2.18. The van der Waals surface area contributed by atoms with Crippen molar-refractivity contribution in [1.29, 1.82) is 0 Å². The van der Waals surface area contributed by atoms with Gasteiger partial charge < -0.3 is 9.64 Å². The van der Waals surface area contributed by atoms with Gasteiger partial charge in [0.2, 0.25) is 5.91 Å². The Balaban J connectivity index is 2.22. The Morgan fingerprint density at radius 3 is 2.57 bits per heavy atom. The van der Waals surface area contributed by atoms with Crippen LogP contribution in [0.1, 0.15) is 19.8 Å².